The minimum Gasteiger partial charge on any atom is -0.492 e. The van der Waals surface area contributed by atoms with Crippen molar-refractivity contribution < 1.29 is 60.1 Å². The van der Waals surface area contributed by atoms with Gasteiger partial charge in [-0.15, -0.1) is 22.7 Å². The molecule has 25 nitrogen and oxygen atoms in total. The molecule has 0 fully saturated rings. The fourth-order valence-corrected chi connectivity index (χ4v) is 20.1. The Kier molecular flexibility index (Phi) is 28.4. The summed E-state index contributed by atoms with van der Waals surface area (Å²) in [6.07, 6.45) is 3.26. The minimum atomic E-state index is -2.93. The second-order valence-corrected chi connectivity index (χ2v) is 35.3. The number of hydrogen-bond donors (Lipinski definition) is 5. The summed E-state index contributed by atoms with van der Waals surface area (Å²) >= 11 is 12.6. The highest BCUT2D eigenvalue weighted by Crippen LogP contribution is 2.52. The molecule has 5 amide bonds. The van der Waals surface area contributed by atoms with Gasteiger partial charge in [0.25, 0.3) is 5.91 Å². The first-order chi connectivity index (χ1) is 62.4. The highest BCUT2D eigenvalue weighted by Gasteiger charge is 2.55. The normalized spacial score (nSPS) is 22.0. The van der Waals surface area contributed by atoms with E-state index in [0.29, 0.717) is 57.9 Å². The third-order valence-corrected chi connectivity index (χ3v) is 27.3. The lowest BCUT2D eigenvalue weighted by molar-refractivity contribution is -0.132. The zero-order valence-electron chi connectivity index (χ0n) is 72.5. The molecule has 17 rings (SSSR count). The summed E-state index contributed by atoms with van der Waals surface area (Å²) in [5.74, 6) is -1.94. The number of likely N-dealkylation sites (N-methyl/N-ethyl adjacent to an activating group) is 3. The van der Waals surface area contributed by atoms with E-state index in [0.717, 1.165) is 61.1 Å². The van der Waals surface area contributed by atoms with Crippen LogP contribution in [0.4, 0.5) is 22.0 Å². The third kappa shape index (κ3) is 19.1. The Morgan fingerprint density at radius 2 is 1.00 bits per heavy atom. The maximum Gasteiger partial charge on any atom is 0.387 e. The first kappa shape index (κ1) is 94.7. The topological polar surface area (TPSA) is 369 Å². The molecule has 0 saturated carbocycles. The van der Waals surface area contributed by atoms with E-state index in [2.05, 4.69) is 87.8 Å². The van der Waals surface area contributed by atoms with Crippen molar-refractivity contribution in [1.29, 1.82) is 10.5 Å². The lowest BCUT2D eigenvalue weighted by Gasteiger charge is -2.41. The van der Waals surface area contributed by atoms with Crippen molar-refractivity contribution in [2.45, 2.75) is 125 Å². The van der Waals surface area contributed by atoms with Crippen molar-refractivity contribution in [2.75, 3.05) is 34.8 Å². The Morgan fingerprint density at radius 3 is 1.47 bits per heavy atom. The number of thiophene rings is 2. The number of fused-ring (bicyclic) bond motifs is 2. The molecule has 10 N–H and O–H groups in total. The number of benzene rings is 9. The number of rotatable bonds is 16. The molecule has 5 aliphatic heterocycles. The molecule has 7 heterocycles. The van der Waals surface area contributed by atoms with E-state index in [9.17, 15) is 56.4 Å². The van der Waals surface area contributed by atoms with Crippen LogP contribution in [0, 0.1) is 28.5 Å². The highest BCUT2D eigenvalue weighted by atomic mass is 79.9. The predicted molar refractivity (Wildman–Crippen MR) is 499 cm³/mol. The monoisotopic (exact) mass is 1900 g/mol. The number of aliphatic imine (C=N–C) groups is 5. The quantitative estimate of drug-likeness (QED) is 0.0561. The molecule has 0 bridgehead atoms. The van der Waals surface area contributed by atoms with Crippen molar-refractivity contribution >= 4 is 120 Å². The van der Waals surface area contributed by atoms with Gasteiger partial charge < -0.3 is 42.9 Å². The highest BCUT2D eigenvalue weighted by molar-refractivity contribution is 9.10. The van der Waals surface area contributed by atoms with Gasteiger partial charge in [-0.05, 0) is 210 Å². The summed E-state index contributed by atoms with van der Waals surface area (Å²) in [6.45, 7) is 4.04. The molecular formula is C97H92BrClF5N17O8S2. The second kappa shape index (κ2) is 39.2. The average Bonchev–Trinajstić information content (AvgIpc) is 1.67. The summed E-state index contributed by atoms with van der Waals surface area (Å²) in [5, 5.41) is 23.4. The predicted octanol–water partition coefficient (Wildman–Crippen LogP) is 16.8. The molecule has 2 aromatic heterocycles. The van der Waals surface area contributed by atoms with Crippen LogP contribution in [0.5, 0.6) is 17.2 Å². The molecule has 1 aliphatic carbocycles. The number of ether oxygens (including phenoxy) is 3. The number of amides is 5. The van der Waals surface area contributed by atoms with E-state index in [1.165, 1.54) is 92.6 Å². The van der Waals surface area contributed by atoms with Crippen LogP contribution in [0.25, 0.3) is 10.1 Å². The SMILES string of the molecule is CCOc1csc2ccc([C@]3(C)CC(=O)N(C)C(N)=N3)cc12.CN1C(=O)C(c2ccc(F)c(Cl)c2)[C@@](C)(c2sccc2Br)N=C1N.CN1C(=O)[C@@H](c2ccc(OC(F)F)cc2)[C@@](C)(c2cccc(C#N)c2)N=C1N.CN1C(=O)[C@H](c2ccc(OC(F)F)cc2)[C@@](C)(c2cccc(C#N)c2)N=C1N.NC1=NC(c2ccccc2)(c2ccccc2)C(=O)N1C1CCCc2ccccc21. The van der Waals surface area contributed by atoms with Crippen LogP contribution >= 0.6 is 50.2 Å². The number of alkyl halides is 4. The maximum atomic E-state index is 14.1. The van der Waals surface area contributed by atoms with E-state index in [4.69, 9.17) is 50.0 Å². The number of aryl methyl sites for hydroxylation is 1. The van der Waals surface area contributed by atoms with E-state index >= 15 is 0 Å². The molecule has 0 radical (unpaired) electrons. The van der Waals surface area contributed by atoms with Crippen LogP contribution in [-0.2, 0) is 58.1 Å². The van der Waals surface area contributed by atoms with Gasteiger partial charge in [0.2, 0.25) is 29.6 Å². The molecule has 674 valence electrons. The number of nitrogens with two attached hydrogens (primary N) is 5. The van der Waals surface area contributed by atoms with Gasteiger partial charge in [0.1, 0.15) is 39.7 Å². The van der Waals surface area contributed by atoms with E-state index in [-0.39, 0.29) is 75.9 Å². The van der Waals surface area contributed by atoms with Gasteiger partial charge in [0.15, 0.2) is 29.4 Å². The Morgan fingerprint density at radius 1 is 0.527 bits per heavy atom. The number of guanidine groups is 5. The van der Waals surface area contributed by atoms with E-state index in [1.54, 1.807) is 123 Å². The minimum absolute atomic E-state index is 0.00782. The number of carbonyl (C=O) groups excluding carboxylic acids is 5. The second-order valence-electron chi connectivity index (χ2n) is 32.2. The van der Waals surface area contributed by atoms with Crippen molar-refractivity contribution in [1.82, 2.24) is 24.5 Å². The van der Waals surface area contributed by atoms with E-state index < -0.39 is 64.5 Å². The lowest BCUT2D eigenvalue weighted by atomic mass is 9.74. The summed E-state index contributed by atoms with van der Waals surface area (Å²) < 4.78 is 79.6. The van der Waals surface area contributed by atoms with Crippen LogP contribution in [0.2, 0.25) is 5.02 Å². The van der Waals surface area contributed by atoms with Gasteiger partial charge in [0, 0.05) is 53.0 Å². The van der Waals surface area contributed by atoms with Crippen molar-refractivity contribution in [3.05, 3.63) is 322 Å². The number of nitriles is 2. The van der Waals surface area contributed by atoms with Gasteiger partial charge in [-0.3, -0.25) is 48.5 Å². The fraction of sp³-hybridized carbons (Fsp3) is 0.258. The van der Waals surface area contributed by atoms with Gasteiger partial charge in [-0.1, -0.05) is 157 Å². The molecule has 6 aliphatic rings. The molecule has 34 heteroatoms. The molecule has 0 spiro atoms. The van der Waals surface area contributed by atoms with Crippen LogP contribution in [0.1, 0.15) is 149 Å². The van der Waals surface area contributed by atoms with Crippen LogP contribution in [-0.4, -0.2) is 132 Å². The van der Waals surface area contributed by atoms with Crippen molar-refractivity contribution in [2.24, 2.45) is 53.6 Å². The zero-order valence-corrected chi connectivity index (χ0v) is 76.5. The van der Waals surface area contributed by atoms with Crippen molar-refractivity contribution in [3.8, 4) is 29.4 Å². The molecule has 9 aromatic carbocycles. The maximum absolute atomic E-state index is 14.1. The smallest absolute Gasteiger partial charge is 0.387 e. The number of carbonyl (C=O) groups is 5. The first-order valence-electron chi connectivity index (χ1n) is 41.3. The Bertz CT molecular complexity index is 6220. The fourth-order valence-electron chi connectivity index (χ4n) is 17.1. The van der Waals surface area contributed by atoms with Gasteiger partial charge in [-0.25, -0.2) is 29.4 Å². The summed E-state index contributed by atoms with van der Waals surface area (Å²) in [4.78, 5) is 96.3. The van der Waals surface area contributed by atoms with Crippen LogP contribution < -0.4 is 42.9 Å². The Labute approximate surface area is 774 Å². The number of nitrogens with zero attached hydrogens (tertiary/aromatic N) is 12. The van der Waals surface area contributed by atoms with E-state index in [1.807, 2.05) is 110 Å². The van der Waals surface area contributed by atoms with Crippen LogP contribution in [0.15, 0.2) is 265 Å². The Balaban J connectivity index is 0.000000140. The molecule has 0 saturated heterocycles. The third-order valence-electron chi connectivity index (χ3n) is 24.0. The largest absolute Gasteiger partial charge is 0.492 e. The summed E-state index contributed by atoms with van der Waals surface area (Å²) in [5.41, 5.74) is 34.4. The van der Waals surface area contributed by atoms with Crippen molar-refractivity contribution in [3.63, 3.8) is 0 Å². The average molecular weight is 1900 g/mol. The van der Waals surface area contributed by atoms with Gasteiger partial charge in [-0.2, -0.15) is 28.1 Å². The molecule has 8 atom stereocenters. The summed E-state index contributed by atoms with van der Waals surface area (Å²) in [6, 6.07) is 69.6. The number of halogens is 7. The van der Waals surface area contributed by atoms with Crippen LogP contribution in [0.3, 0.4) is 0 Å². The molecule has 131 heavy (non-hydrogen) atoms. The Hall–Kier alpha value is -13.9. The zero-order chi connectivity index (χ0) is 94.3. The first-order valence-corrected chi connectivity index (χ1v) is 44.2. The number of hydrogen-bond acceptors (Lipinski definition) is 22. The summed E-state index contributed by atoms with van der Waals surface area (Å²) in [7, 11) is 6.26. The van der Waals surface area contributed by atoms with Gasteiger partial charge in [0.05, 0.1) is 70.7 Å². The molecule has 2 unspecified atom stereocenters. The van der Waals surface area contributed by atoms with Gasteiger partial charge >= 0.3 is 13.2 Å². The standard InChI is InChI=1S/C25H23N3O.2C20H18F2N4O2.C16H14BrClFN3OS.C16H19N3O2S/c26-24-27-25(19-12-3-1-4-13-19,20-14-5-2-6-15-20)23(29)28(24)22-17-9-11-18-10-7-8-16-21(18)22;2*1-20(14-5-3-4-12(10-14)11-23)16(17(27)26(2)19(24)25-20)13-6-8-15(9-7-13)28-18(21)22;1-16(13-9(17)5-6-24-13)12(14(23)22(2)15(20)21-16)8-3-4-11(19)10(18)7-8;1-4-21-12-9-22-13-6-5-10(7-11(12)13)16(2)8-14(20)19(3)15(17)18-16/h1-8,10,12-16,22H,9,11,17H2,(H2,26,27);2*3-10,16,18H,1-2H3,(H2,24,25);3-7,12H,1-2H3,(H2,20,21);5-7,9H,4,8H2,1-3H3,(H2,17,18)/t;16-,20+;16-,20-;12?,16-;16-/m.0100/s1. The lowest BCUT2D eigenvalue weighted by Crippen LogP contribution is -2.52. The molecule has 11 aromatic rings. The molecular weight excluding hydrogens is 1810 g/mol.